The van der Waals surface area contributed by atoms with Crippen molar-refractivity contribution in [1.29, 1.82) is 0 Å². The Morgan fingerprint density at radius 1 is 1.09 bits per heavy atom. The minimum Gasteiger partial charge on any atom is -0.465 e. The van der Waals surface area contributed by atoms with Crippen LogP contribution in [0.1, 0.15) is 19.6 Å². The van der Waals surface area contributed by atoms with Gasteiger partial charge in [-0.1, -0.05) is 11.6 Å². The van der Waals surface area contributed by atoms with Gasteiger partial charge < -0.3 is 20.2 Å². The van der Waals surface area contributed by atoms with Crippen molar-refractivity contribution in [1.82, 2.24) is 5.32 Å². The Morgan fingerprint density at radius 2 is 1.79 bits per heavy atom. The number of halogens is 2. The summed E-state index contributed by atoms with van der Waals surface area (Å²) in [5.41, 5.74) is -1.28. The zero-order valence-electron chi connectivity index (χ0n) is 18.3. The second-order valence-corrected chi connectivity index (χ2v) is 9.95. The first-order chi connectivity index (χ1) is 15.8. The quantitative estimate of drug-likeness (QED) is 0.360. The van der Waals surface area contributed by atoms with E-state index in [0.29, 0.717) is 5.76 Å². The molecular formula is C22H21ClFN3O6S. The van der Waals surface area contributed by atoms with Crippen LogP contribution in [0.3, 0.4) is 0 Å². The summed E-state index contributed by atoms with van der Waals surface area (Å²) in [5.74, 6) is -0.635. The Hall–Kier alpha value is -3.57. The molecule has 0 saturated carbocycles. The lowest BCUT2D eigenvalue weighted by molar-refractivity contribution is -0.121. The molecule has 34 heavy (non-hydrogen) atoms. The number of hydrogen-bond donors (Lipinski definition) is 4. The van der Waals surface area contributed by atoms with Gasteiger partial charge in [0.15, 0.2) is 0 Å². The third-order valence-electron chi connectivity index (χ3n) is 4.71. The molecule has 0 fully saturated rings. The molecular weight excluding hydrogens is 489 g/mol. The molecule has 3 aromatic rings. The SMILES string of the molecule is Cc1ccc(-c2ccc(S(=O)(=O)Nc3cc(NC(=O)C(C)(C)NC(=O)O)ccc3Cl)cc2F)o1. The first-order valence-electron chi connectivity index (χ1n) is 9.80. The standard InChI is InChI=1S/C22H21ClFN3O6S/c1-12-4-9-19(33-12)15-7-6-14(11-17(15)24)34(31,32)27-18-10-13(5-8-16(18)23)25-20(28)22(2,3)26-21(29)30/h4-11,26-27H,1-3H3,(H,25,28)(H,29,30). The van der Waals surface area contributed by atoms with Crippen molar-refractivity contribution in [2.24, 2.45) is 0 Å². The maximum atomic E-state index is 14.6. The fourth-order valence-electron chi connectivity index (χ4n) is 2.94. The minimum absolute atomic E-state index is 0.0210. The molecule has 2 aromatic carbocycles. The van der Waals surface area contributed by atoms with Crippen LogP contribution in [0.15, 0.2) is 57.8 Å². The lowest BCUT2D eigenvalue weighted by atomic mass is 10.0. The molecule has 0 bridgehead atoms. The fraction of sp³-hybridized carbons (Fsp3) is 0.182. The van der Waals surface area contributed by atoms with E-state index < -0.39 is 33.4 Å². The highest BCUT2D eigenvalue weighted by molar-refractivity contribution is 7.92. The Balaban J connectivity index is 1.84. The molecule has 0 spiro atoms. The first kappa shape index (κ1) is 25.1. The molecule has 180 valence electrons. The zero-order valence-corrected chi connectivity index (χ0v) is 19.8. The van der Waals surface area contributed by atoms with Crippen LogP contribution < -0.4 is 15.4 Å². The van der Waals surface area contributed by atoms with Crippen LogP contribution in [0.5, 0.6) is 0 Å². The summed E-state index contributed by atoms with van der Waals surface area (Å²) in [6.07, 6.45) is -1.38. The molecule has 0 saturated heterocycles. The summed E-state index contributed by atoms with van der Waals surface area (Å²) < 4.78 is 48.0. The fourth-order valence-corrected chi connectivity index (χ4v) is 4.24. The summed E-state index contributed by atoms with van der Waals surface area (Å²) in [6, 6.07) is 10.6. The van der Waals surface area contributed by atoms with Gasteiger partial charge in [-0.15, -0.1) is 0 Å². The van der Waals surface area contributed by atoms with Crippen LogP contribution in [-0.2, 0) is 14.8 Å². The number of sulfonamides is 1. The number of rotatable bonds is 7. The van der Waals surface area contributed by atoms with Crippen LogP contribution in [0.4, 0.5) is 20.6 Å². The van der Waals surface area contributed by atoms with Gasteiger partial charge in [0, 0.05) is 5.69 Å². The summed E-state index contributed by atoms with van der Waals surface area (Å²) in [5, 5.41) is 13.4. The van der Waals surface area contributed by atoms with E-state index in [4.69, 9.17) is 21.1 Å². The monoisotopic (exact) mass is 509 g/mol. The predicted octanol–water partition coefficient (Wildman–Crippen LogP) is 4.83. The number of amides is 2. The van der Waals surface area contributed by atoms with E-state index in [1.54, 1.807) is 19.1 Å². The molecule has 0 radical (unpaired) electrons. The van der Waals surface area contributed by atoms with Crippen LogP contribution in [-0.4, -0.2) is 31.1 Å². The highest BCUT2D eigenvalue weighted by Gasteiger charge is 2.29. The third kappa shape index (κ3) is 5.67. The van der Waals surface area contributed by atoms with E-state index in [1.807, 2.05) is 0 Å². The smallest absolute Gasteiger partial charge is 0.405 e. The summed E-state index contributed by atoms with van der Waals surface area (Å²) in [6.45, 7) is 4.42. The number of furan rings is 1. The topological polar surface area (TPSA) is 138 Å². The van der Waals surface area contributed by atoms with Gasteiger partial charge in [0.1, 0.15) is 22.9 Å². The van der Waals surface area contributed by atoms with Gasteiger partial charge in [-0.3, -0.25) is 9.52 Å². The van der Waals surface area contributed by atoms with E-state index >= 15 is 0 Å². The molecule has 3 rings (SSSR count). The lowest BCUT2D eigenvalue weighted by Gasteiger charge is -2.23. The van der Waals surface area contributed by atoms with E-state index in [0.717, 1.165) is 6.07 Å². The number of carbonyl (C=O) groups excluding carboxylic acids is 1. The van der Waals surface area contributed by atoms with Gasteiger partial charge in [0.05, 0.1) is 21.2 Å². The maximum absolute atomic E-state index is 14.6. The van der Waals surface area contributed by atoms with E-state index in [1.165, 1.54) is 44.2 Å². The summed E-state index contributed by atoms with van der Waals surface area (Å²) in [7, 11) is -4.25. The van der Waals surface area contributed by atoms with Crippen molar-refractivity contribution in [2.45, 2.75) is 31.2 Å². The maximum Gasteiger partial charge on any atom is 0.405 e. The minimum atomic E-state index is -4.25. The molecule has 1 heterocycles. The van der Waals surface area contributed by atoms with E-state index in [9.17, 15) is 22.4 Å². The second-order valence-electron chi connectivity index (χ2n) is 7.86. The van der Waals surface area contributed by atoms with Crippen molar-refractivity contribution in [2.75, 3.05) is 10.0 Å². The Kier molecular flexibility index (Phi) is 6.89. The molecule has 0 unspecified atom stereocenters. The van der Waals surface area contributed by atoms with Crippen LogP contribution in [0.2, 0.25) is 5.02 Å². The number of anilines is 2. The Bertz CT molecular complexity index is 1370. The van der Waals surface area contributed by atoms with Gasteiger partial charge in [-0.2, -0.15) is 0 Å². The summed E-state index contributed by atoms with van der Waals surface area (Å²) >= 11 is 6.11. The van der Waals surface area contributed by atoms with Gasteiger partial charge in [0.2, 0.25) is 5.91 Å². The Morgan fingerprint density at radius 3 is 2.38 bits per heavy atom. The van der Waals surface area contributed by atoms with E-state index in [2.05, 4.69) is 15.4 Å². The van der Waals surface area contributed by atoms with E-state index in [-0.39, 0.29) is 32.6 Å². The molecule has 9 nitrogen and oxygen atoms in total. The third-order valence-corrected chi connectivity index (χ3v) is 6.41. The average molecular weight is 510 g/mol. The van der Waals surface area contributed by atoms with Gasteiger partial charge in [-0.05, 0) is 69.3 Å². The highest BCUT2D eigenvalue weighted by Crippen LogP contribution is 2.30. The van der Waals surface area contributed by atoms with Crippen molar-refractivity contribution in [3.8, 4) is 11.3 Å². The molecule has 12 heteroatoms. The zero-order chi connectivity index (χ0) is 25.3. The normalized spacial score (nSPS) is 11.7. The number of nitrogens with one attached hydrogen (secondary N) is 3. The Labute approximate surface area is 200 Å². The molecule has 1 aromatic heterocycles. The predicted molar refractivity (Wildman–Crippen MR) is 125 cm³/mol. The van der Waals surface area contributed by atoms with Crippen LogP contribution in [0, 0.1) is 12.7 Å². The number of aryl methyl sites for hydroxylation is 1. The van der Waals surface area contributed by atoms with Crippen molar-refractivity contribution in [3.63, 3.8) is 0 Å². The molecule has 2 amide bonds. The van der Waals surface area contributed by atoms with Crippen molar-refractivity contribution in [3.05, 3.63) is 65.1 Å². The second kappa shape index (κ2) is 9.35. The molecule has 4 N–H and O–H groups in total. The number of hydrogen-bond acceptors (Lipinski definition) is 5. The van der Waals surface area contributed by atoms with Gasteiger partial charge in [0.25, 0.3) is 10.0 Å². The number of carboxylic acid groups (broad SMARTS) is 1. The molecule has 0 aliphatic rings. The van der Waals surface area contributed by atoms with Gasteiger partial charge in [-0.25, -0.2) is 17.6 Å². The molecule has 0 aliphatic carbocycles. The van der Waals surface area contributed by atoms with Crippen molar-refractivity contribution < 1.29 is 31.9 Å². The van der Waals surface area contributed by atoms with Gasteiger partial charge >= 0.3 is 6.09 Å². The average Bonchev–Trinajstić information content (AvgIpc) is 3.15. The lowest BCUT2D eigenvalue weighted by Crippen LogP contribution is -2.51. The number of benzene rings is 2. The summed E-state index contributed by atoms with van der Waals surface area (Å²) in [4.78, 5) is 22.9. The number of carbonyl (C=O) groups is 2. The van der Waals surface area contributed by atoms with Crippen LogP contribution in [0.25, 0.3) is 11.3 Å². The largest absolute Gasteiger partial charge is 0.465 e. The first-order valence-corrected chi connectivity index (χ1v) is 11.7. The highest BCUT2D eigenvalue weighted by atomic mass is 35.5. The molecule has 0 atom stereocenters. The van der Waals surface area contributed by atoms with Crippen LogP contribution >= 0.6 is 11.6 Å². The molecule has 0 aliphatic heterocycles. The van der Waals surface area contributed by atoms with Crippen molar-refractivity contribution >= 4 is 45.0 Å².